The fourth-order valence-electron chi connectivity index (χ4n) is 8.53. The van der Waals surface area contributed by atoms with Crippen molar-refractivity contribution in [2.45, 2.75) is 109 Å². The van der Waals surface area contributed by atoms with E-state index in [4.69, 9.17) is 35.0 Å². The maximum Gasteiger partial charge on any atom is 0.408 e. The molecule has 2 aromatic rings. The minimum atomic E-state index is -1.31. The van der Waals surface area contributed by atoms with E-state index in [0.29, 0.717) is 52.7 Å². The van der Waals surface area contributed by atoms with Crippen LogP contribution in [0.5, 0.6) is 5.75 Å². The Bertz CT molecular complexity index is 1990. The van der Waals surface area contributed by atoms with Crippen molar-refractivity contribution in [2.75, 3.05) is 37.5 Å². The number of aliphatic hydroxyl groups is 1. The molecule has 0 radical (unpaired) electrons. The van der Waals surface area contributed by atoms with E-state index in [2.05, 4.69) is 32.8 Å². The number of carbonyl (C=O) groups is 4. The first-order chi connectivity index (χ1) is 28.0. The maximum absolute atomic E-state index is 14.8. The van der Waals surface area contributed by atoms with E-state index >= 15 is 0 Å². The quantitative estimate of drug-likeness (QED) is 0.116. The number of benzene rings is 1. The lowest BCUT2D eigenvalue weighted by Crippen LogP contribution is -2.59. The van der Waals surface area contributed by atoms with Crippen LogP contribution in [0, 0.1) is 23.2 Å². The average molecular weight is 839 g/mol. The molecule has 2 unspecified atom stereocenters. The molecule has 1 aromatic heterocycles. The molecule has 7 rings (SSSR count). The molecule has 1 saturated heterocycles. The van der Waals surface area contributed by atoms with Gasteiger partial charge in [0.1, 0.15) is 64.9 Å². The SMILES string of the molecule is C=C[C@@H]1CC1(NC(=O)[C@@H]1C[C@@H](OC2=CC(c3coc(NC(C)C)n3)Nc3c2ccc(OCCO)c3Cl)CN1C(=O)[C@@H](NC(=O)O[C@@H]1C[C@@H]2C[C@@H]2C1)C(C)(C)C)C(=O)OC. The Balaban J connectivity index is 1.19. The van der Waals surface area contributed by atoms with Crippen molar-refractivity contribution < 1.29 is 47.6 Å². The van der Waals surface area contributed by atoms with Crippen LogP contribution >= 0.6 is 11.6 Å². The second-order valence-corrected chi connectivity index (χ2v) is 18.0. The average Bonchev–Trinajstić information content (AvgIpc) is 3.85. The lowest BCUT2D eigenvalue weighted by atomic mass is 9.85. The summed E-state index contributed by atoms with van der Waals surface area (Å²) in [7, 11) is 1.25. The molecule has 5 aliphatic rings. The molecule has 5 N–H and O–H groups in total. The van der Waals surface area contributed by atoms with Gasteiger partial charge in [0.15, 0.2) is 0 Å². The number of nitrogens with zero attached hydrogens (tertiary/aromatic N) is 2. The van der Waals surface area contributed by atoms with Crippen molar-refractivity contribution in [1.29, 1.82) is 0 Å². The Labute approximate surface area is 348 Å². The van der Waals surface area contributed by atoms with Crippen LogP contribution in [0.2, 0.25) is 5.02 Å². The third-order valence-corrected chi connectivity index (χ3v) is 12.2. The first-order valence-electron chi connectivity index (χ1n) is 20.3. The Morgan fingerprint density at radius 3 is 2.54 bits per heavy atom. The molecule has 320 valence electrons. The molecule has 17 heteroatoms. The number of hydrogen-bond donors (Lipinski definition) is 5. The minimum absolute atomic E-state index is 0.0263. The van der Waals surface area contributed by atoms with Crippen molar-refractivity contribution >= 4 is 52.9 Å². The number of oxazole rings is 1. The fourth-order valence-corrected chi connectivity index (χ4v) is 8.80. The van der Waals surface area contributed by atoms with E-state index in [1.165, 1.54) is 24.7 Å². The highest BCUT2D eigenvalue weighted by molar-refractivity contribution is 6.35. The van der Waals surface area contributed by atoms with Gasteiger partial charge in [0.05, 0.1) is 32.0 Å². The third kappa shape index (κ3) is 8.84. The van der Waals surface area contributed by atoms with E-state index in [0.717, 1.165) is 12.8 Å². The summed E-state index contributed by atoms with van der Waals surface area (Å²) >= 11 is 6.91. The predicted molar refractivity (Wildman–Crippen MR) is 217 cm³/mol. The van der Waals surface area contributed by atoms with Crippen molar-refractivity contribution in [1.82, 2.24) is 20.5 Å². The van der Waals surface area contributed by atoms with Gasteiger partial charge in [-0.25, -0.2) is 9.59 Å². The number of nitrogens with one attached hydrogen (secondary N) is 4. The van der Waals surface area contributed by atoms with Crippen LogP contribution in [0.25, 0.3) is 5.76 Å². The predicted octanol–water partition coefficient (Wildman–Crippen LogP) is 5.19. The van der Waals surface area contributed by atoms with Crippen molar-refractivity contribution in [3.8, 4) is 5.75 Å². The van der Waals surface area contributed by atoms with E-state index < -0.39 is 59.1 Å². The summed E-state index contributed by atoms with van der Waals surface area (Å²) in [4.78, 5) is 61.5. The highest BCUT2D eigenvalue weighted by Crippen LogP contribution is 2.52. The lowest BCUT2D eigenvalue weighted by Gasteiger charge is -2.35. The number of amides is 3. The Morgan fingerprint density at radius 2 is 1.90 bits per heavy atom. The number of carbonyl (C=O) groups excluding carboxylic acids is 4. The number of aromatic nitrogens is 1. The molecule has 3 heterocycles. The summed E-state index contributed by atoms with van der Waals surface area (Å²) in [5.41, 5.74) is -0.525. The summed E-state index contributed by atoms with van der Waals surface area (Å²) in [5.74, 6) is -0.112. The van der Waals surface area contributed by atoms with Gasteiger partial charge in [-0.2, -0.15) is 4.98 Å². The number of ether oxygens (including phenoxy) is 4. The monoisotopic (exact) mass is 838 g/mol. The van der Waals surface area contributed by atoms with Crippen LogP contribution in [0.15, 0.2) is 41.5 Å². The number of aliphatic hydroxyl groups excluding tert-OH is 1. The molecule has 3 aliphatic carbocycles. The topological polar surface area (TPSA) is 203 Å². The maximum atomic E-state index is 14.8. The Kier molecular flexibility index (Phi) is 11.9. The lowest BCUT2D eigenvalue weighted by molar-refractivity contribution is -0.148. The molecule has 4 fully saturated rings. The summed E-state index contributed by atoms with van der Waals surface area (Å²) in [6.45, 7) is 13.0. The molecular weight excluding hydrogens is 784 g/mol. The number of likely N-dealkylation sites (tertiary alicyclic amines) is 1. The van der Waals surface area contributed by atoms with E-state index in [-0.39, 0.29) is 49.3 Å². The number of hydrogen-bond acceptors (Lipinski definition) is 13. The highest BCUT2D eigenvalue weighted by Gasteiger charge is 2.62. The molecule has 0 bridgehead atoms. The van der Waals surface area contributed by atoms with E-state index in [9.17, 15) is 24.3 Å². The number of alkyl carbamates (subject to hydrolysis) is 1. The summed E-state index contributed by atoms with van der Waals surface area (Å²) in [6.07, 6.45) is 6.45. The number of fused-ring (bicyclic) bond motifs is 2. The summed E-state index contributed by atoms with van der Waals surface area (Å²) < 4.78 is 29.0. The van der Waals surface area contributed by atoms with Crippen LogP contribution in [-0.4, -0.2) is 102 Å². The molecule has 2 aliphatic heterocycles. The van der Waals surface area contributed by atoms with Crippen molar-refractivity contribution in [3.63, 3.8) is 0 Å². The molecule has 0 spiro atoms. The normalized spacial score (nSPS) is 28.3. The molecule has 9 atom stereocenters. The first-order valence-corrected chi connectivity index (χ1v) is 20.7. The van der Waals surface area contributed by atoms with Crippen LogP contribution in [0.1, 0.15) is 84.0 Å². The molecule has 16 nitrogen and oxygen atoms in total. The van der Waals surface area contributed by atoms with Crippen LogP contribution in [0.3, 0.4) is 0 Å². The van der Waals surface area contributed by atoms with Crippen molar-refractivity contribution in [2.24, 2.45) is 23.2 Å². The number of halogens is 1. The van der Waals surface area contributed by atoms with Gasteiger partial charge in [0.25, 0.3) is 6.01 Å². The standard InChI is InChI=1S/C42H55ClN6O10/c1-8-24-18-42(24,38(53)55-7)48-36(51)30-16-26(19-49(30)37(52)35(41(4,5)6)47-40(54)59-25-14-22-13-23(22)15-25)58-32-17-28(29-20-57-39(46-29)44-21(2)3)45-34-27(32)9-10-31(33(34)43)56-12-11-50/h8-10,17,20-26,28,30,35,45,50H,1,11-16,18-19H2,2-7H3,(H,44,46)(H,47,54)(H,48,51)/t22-,23+,24-,25+,26-,28?,30+,35-,42?/m1/s1. The molecule has 59 heavy (non-hydrogen) atoms. The third-order valence-electron chi connectivity index (χ3n) is 11.8. The fraction of sp³-hybridized carbons (Fsp3) is 0.595. The summed E-state index contributed by atoms with van der Waals surface area (Å²) in [5, 5.41) is 21.9. The van der Waals surface area contributed by atoms with Gasteiger partial charge in [-0.05, 0) is 75.0 Å². The number of anilines is 2. The zero-order valence-electron chi connectivity index (χ0n) is 34.3. The van der Waals surface area contributed by atoms with Crippen molar-refractivity contribution in [3.05, 3.63) is 53.4 Å². The van der Waals surface area contributed by atoms with Gasteiger partial charge in [0, 0.05) is 23.9 Å². The largest absolute Gasteiger partial charge is 0.490 e. The van der Waals surface area contributed by atoms with Gasteiger partial charge in [-0.3, -0.25) is 9.59 Å². The second kappa shape index (κ2) is 16.6. The Morgan fingerprint density at radius 1 is 1.15 bits per heavy atom. The van der Waals surface area contributed by atoms with Crippen LogP contribution < -0.4 is 26.0 Å². The van der Waals surface area contributed by atoms with E-state index in [1.807, 2.05) is 40.7 Å². The van der Waals surface area contributed by atoms with Crippen LogP contribution in [-0.2, 0) is 28.6 Å². The van der Waals surface area contributed by atoms with Crippen LogP contribution in [0.4, 0.5) is 16.5 Å². The number of methoxy groups -OCH3 is 1. The smallest absolute Gasteiger partial charge is 0.408 e. The minimum Gasteiger partial charge on any atom is -0.490 e. The van der Waals surface area contributed by atoms with E-state index in [1.54, 1.807) is 18.2 Å². The number of rotatable bonds is 15. The molecule has 1 aromatic carbocycles. The van der Waals surface area contributed by atoms with Gasteiger partial charge < -0.3 is 54.6 Å². The Hall–Kier alpha value is -4.96. The van der Waals surface area contributed by atoms with Gasteiger partial charge in [-0.15, -0.1) is 6.58 Å². The zero-order chi connectivity index (χ0) is 42.4. The molecule has 3 saturated carbocycles. The zero-order valence-corrected chi connectivity index (χ0v) is 35.1. The highest BCUT2D eigenvalue weighted by atomic mass is 35.5. The van der Waals surface area contributed by atoms with Gasteiger partial charge in [-0.1, -0.05) is 38.4 Å². The molecule has 3 amide bonds. The first kappa shape index (κ1) is 42.2. The number of esters is 1. The summed E-state index contributed by atoms with van der Waals surface area (Å²) in [6, 6.07) is 1.07. The second-order valence-electron chi connectivity index (χ2n) is 17.6. The molecular formula is C42H55ClN6O10. The van der Waals surface area contributed by atoms with Gasteiger partial charge in [0.2, 0.25) is 11.8 Å². The van der Waals surface area contributed by atoms with Gasteiger partial charge >= 0.3 is 12.1 Å².